The number of halogens is 3. The van der Waals surface area contributed by atoms with Gasteiger partial charge in [0.15, 0.2) is 0 Å². The molecule has 0 aliphatic carbocycles. The van der Waals surface area contributed by atoms with Gasteiger partial charge in [0.1, 0.15) is 23.5 Å². The fraction of sp³-hybridized carbons (Fsp3) is 0.200. The molecule has 0 amide bonds. The van der Waals surface area contributed by atoms with Crippen LogP contribution in [0.4, 0.5) is 8.78 Å². The molecule has 0 spiro atoms. The molecule has 0 saturated heterocycles. The summed E-state index contributed by atoms with van der Waals surface area (Å²) >= 11 is 3.34. The largest absolute Gasteiger partial charge is 0.497 e. The first kappa shape index (κ1) is 14.9. The second kappa shape index (κ2) is 5.89. The lowest BCUT2D eigenvalue weighted by Gasteiger charge is -2.15. The van der Waals surface area contributed by atoms with Gasteiger partial charge in [-0.05, 0) is 24.1 Å². The molecule has 2 aromatic rings. The van der Waals surface area contributed by atoms with Crippen molar-refractivity contribution in [3.8, 4) is 5.75 Å². The number of benzene rings is 2. The average Bonchev–Trinajstić information content (AvgIpc) is 2.40. The van der Waals surface area contributed by atoms with Crippen molar-refractivity contribution in [2.24, 2.45) is 0 Å². The van der Waals surface area contributed by atoms with Crippen LogP contribution in [0.25, 0.3) is 0 Å². The number of hydrogen-bond donors (Lipinski definition) is 1. The highest BCUT2D eigenvalue weighted by molar-refractivity contribution is 9.10. The Morgan fingerprint density at radius 3 is 2.25 bits per heavy atom. The first-order valence-corrected chi connectivity index (χ1v) is 6.70. The predicted molar refractivity (Wildman–Crippen MR) is 75.9 cm³/mol. The number of hydrogen-bond acceptors (Lipinski definition) is 2. The van der Waals surface area contributed by atoms with E-state index < -0.39 is 17.7 Å². The lowest BCUT2D eigenvalue weighted by atomic mass is 9.99. The summed E-state index contributed by atoms with van der Waals surface area (Å²) in [5.74, 6) is -1.60. The Morgan fingerprint density at radius 1 is 1.15 bits per heavy atom. The SMILES string of the molecule is COc1cc(F)c(C(O)c2ccc(Br)c(C)c2)c(F)c1. The van der Waals surface area contributed by atoms with Crippen LogP contribution in [-0.2, 0) is 0 Å². The highest BCUT2D eigenvalue weighted by Gasteiger charge is 2.21. The lowest BCUT2D eigenvalue weighted by molar-refractivity contribution is 0.208. The van der Waals surface area contributed by atoms with Gasteiger partial charge in [-0.2, -0.15) is 0 Å². The van der Waals surface area contributed by atoms with E-state index in [1.54, 1.807) is 18.2 Å². The Hall–Kier alpha value is -1.46. The minimum Gasteiger partial charge on any atom is -0.497 e. The van der Waals surface area contributed by atoms with E-state index in [1.165, 1.54) is 7.11 Å². The van der Waals surface area contributed by atoms with Crippen molar-refractivity contribution in [2.45, 2.75) is 13.0 Å². The molecular formula is C15H13BrF2O2. The molecule has 106 valence electrons. The highest BCUT2D eigenvalue weighted by atomic mass is 79.9. The predicted octanol–water partition coefficient (Wildman–Crippen LogP) is 4.13. The van der Waals surface area contributed by atoms with E-state index in [9.17, 15) is 13.9 Å². The van der Waals surface area contributed by atoms with Crippen molar-refractivity contribution < 1.29 is 18.6 Å². The van der Waals surface area contributed by atoms with E-state index >= 15 is 0 Å². The zero-order chi connectivity index (χ0) is 14.9. The van der Waals surface area contributed by atoms with Crippen molar-refractivity contribution in [1.29, 1.82) is 0 Å². The zero-order valence-electron chi connectivity index (χ0n) is 11.0. The Bertz CT molecular complexity index is 621. The van der Waals surface area contributed by atoms with Crippen LogP contribution in [-0.4, -0.2) is 12.2 Å². The van der Waals surface area contributed by atoms with Gasteiger partial charge < -0.3 is 9.84 Å². The molecule has 0 bridgehead atoms. The third-order valence-electron chi connectivity index (χ3n) is 3.06. The molecule has 0 radical (unpaired) electrons. The molecule has 2 aromatic carbocycles. The topological polar surface area (TPSA) is 29.5 Å². The smallest absolute Gasteiger partial charge is 0.135 e. The standard InChI is InChI=1S/C15H13BrF2O2/c1-8-5-9(3-4-11(8)16)15(19)14-12(17)6-10(20-2)7-13(14)18/h3-7,15,19H,1-2H3. The molecule has 1 atom stereocenters. The Kier molecular flexibility index (Phi) is 4.40. The second-order valence-electron chi connectivity index (χ2n) is 4.42. The minimum atomic E-state index is -1.37. The quantitative estimate of drug-likeness (QED) is 0.908. The summed E-state index contributed by atoms with van der Waals surface area (Å²) in [6, 6.07) is 7.12. The van der Waals surface area contributed by atoms with Crippen molar-refractivity contribution in [1.82, 2.24) is 0 Å². The van der Waals surface area contributed by atoms with E-state index in [0.717, 1.165) is 22.2 Å². The van der Waals surface area contributed by atoms with Gasteiger partial charge in [0.25, 0.3) is 0 Å². The monoisotopic (exact) mass is 342 g/mol. The molecule has 1 N–H and O–H groups in total. The van der Waals surface area contributed by atoms with Crippen molar-refractivity contribution >= 4 is 15.9 Å². The summed E-state index contributed by atoms with van der Waals surface area (Å²) in [7, 11) is 1.32. The maximum Gasteiger partial charge on any atom is 0.135 e. The molecule has 0 saturated carbocycles. The number of ether oxygens (including phenoxy) is 1. The summed E-state index contributed by atoms with van der Waals surface area (Å²) in [5.41, 5.74) is 0.914. The first-order valence-electron chi connectivity index (χ1n) is 5.91. The molecule has 0 aliphatic rings. The number of aliphatic hydroxyl groups is 1. The van der Waals surface area contributed by atoms with Crippen LogP contribution < -0.4 is 4.74 Å². The second-order valence-corrected chi connectivity index (χ2v) is 5.27. The van der Waals surface area contributed by atoms with Gasteiger partial charge in [0, 0.05) is 16.6 Å². The van der Waals surface area contributed by atoms with E-state index in [-0.39, 0.29) is 11.3 Å². The molecule has 0 fully saturated rings. The van der Waals surface area contributed by atoms with E-state index in [0.29, 0.717) is 5.56 Å². The van der Waals surface area contributed by atoms with Crippen LogP contribution in [0.5, 0.6) is 5.75 Å². The molecule has 2 rings (SSSR count). The number of rotatable bonds is 3. The van der Waals surface area contributed by atoms with Gasteiger partial charge in [-0.3, -0.25) is 0 Å². The van der Waals surface area contributed by atoms with Crippen LogP contribution in [0, 0.1) is 18.6 Å². The van der Waals surface area contributed by atoms with E-state index in [4.69, 9.17) is 4.74 Å². The van der Waals surface area contributed by atoms with E-state index in [2.05, 4.69) is 15.9 Å². The lowest BCUT2D eigenvalue weighted by Crippen LogP contribution is -2.06. The summed E-state index contributed by atoms with van der Waals surface area (Å²) < 4.78 is 33.5. The van der Waals surface area contributed by atoms with Crippen LogP contribution in [0.15, 0.2) is 34.8 Å². The number of aryl methyl sites for hydroxylation is 1. The summed E-state index contributed by atoms with van der Waals surface area (Å²) in [5, 5.41) is 10.2. The van der Waals surface area contributed by atoms with Gasteiger partial charge in [0.05, 0.1) is 12.7 Å². The molecule has 5 heteroatoms. The third-order valence-corrected chi connectivity index (χ3v) is 3.95. The Balaban J connectivity index is 2.47. The molecule has 1 unspecified atom stereocenters. The van der Waals surface area contributed by atoms with Crippen molar-refractivity contribution in [3.63, 3.8) is 0 Å². The Morgan fingerprint density at radius 2 is 1.75 bits per heavy atom. The number of methoxy groups -OCH3 is 1. The minimum absolute atomic E-state index is 0.0722. The maximum atomic E-state index is 13.9. The average molecular weight is 343 g/mol. The molecule has 0 heterocycles. The molecule has 2 nitrogen and oxygen atoms in total. The van der Waals surface area contributed by atoms with Crippen LogP contribution in [0.3, 0.4) is 0 Å². The molecule has 0 aliphatic heterocycles. The van der Waals surface area contributed by atoms with Gasteiger partial charge in [-0.25, -0.2) is 8.78 Å². The summed E-state index contributed by atoms with van der Waals surface area (Å²) in [6.45, 7) is 1.83. The first-order chi connectivity index (χ1) is 9.43. The molecular weight excluding hydrogens is 330 g/mol. The Labute approximate surface area is 124 Å². The van der Waals surface area contributed by atoms with E-state index in [1.807, 2.05) is 6.92 Å². The highest BCUT2D eigenvalue weighted by Crippen LogP contribution is 2.31. The molecule has 20 heavy (non-hydrogen) atoms. The zero-order valence-corrected chi connectivity index (χ0v) is 12.5. The fourth-order valence-electron chi connectivity index (χ4n) is 1.94. The summed E-state index contributed by atoms with van der Waals surface area (Å²) in [6.07, 6.45) is -1.37. The maximum absolute atomic E-state index is 13.9. The van der Waals surface area contributed by atoms with Crippen molar-refractivity contribution in [3.05, 3.63) is 63.1 Å². The van der Waals surface area contributed by atoms with Crippen LogP contribution >= 0.6 is 15.9 Å². The van der Waals surface area contributed by atoms with Gasteiger partial charge in [0.2, 0.25) is 0 Å². The third kappa shape index (κ3) is 2.83. The number of aliphatic hydroxyl groups excluding tert-OH is 1. The normalized spacial score (nSPS) is 12.3. The van der Waals surface area contributed by atoms with Crippen LogP contribution in [0.1, 0.15) is 22.8 Å². The molecule has 0 aromatic heterocycles. The van der Waals surface area contributed by atoms with Crippen molar-refractivity contribution in [2.75, 3.05) is 7.11 Å². The van der Waals surface area contributed by atoms with Gasteiger partial charge in [-0.15, -0.1) is 0 Å². The van der Waals surface area contributed by atoms with Gasteiger partial charge in [-0.1, -0.05) is 28.1 Å². The van der Waals surface area contributed by atoms with Gasteiger partial charge >= 0.3 is 0 Å². The van der Waals surface area contributed by atoms with Crippen LogP contribution in [0.2, 0.25) is 0 Å². The summed E-state index contributed by atoms with van der Waals surface area (Å²) in [4.78, 5) is 0. The fourth-order valence-corrected chi connectivity index (χ4v) is 2.19.